The summed E-state index contributed by atoms with van der Waals surface area (Å²) in [6.07, 6.45) is 2.22. The highest BCUT2D eigenvalue weighted by molar-refractivity contribution is 5.83. The van der Waals surface area contributed by atoms with Crippen LogP contribution in [0.25, 0.3) is 0 Å². The van der Waals surface area contributed by atoms with E-state index in [1.807, 2.05) is 30.3 Å². The normalized spacial score (nSPS) is 18.8. The minimum absolute atomic E-state index is 0.138. The molecule has 1 aliphatic carbocycles. The van der Waals surface area contributed by atoms with Gasteiger partial charge < -0.3 is 15.0 Å². The van der Waals surface area contributed by atoms with Gasteiger partial charge >= 0.3 is 0 Å². The third-order valence-electron chi connectivity index (χ3n) is 5.39. The zero-order valence-corrected chi connectivity index (χ0v) is 15.8. The van der Waals surface area contributed by atoms with Gasteiger partial charge in [-0.1, -0.05) is 36.4 Å². The van der Waals surface area contributed by atoms with Gasteiger partial charge in [0.2, 0.25) is 5.91 Å². The summed E-state index contributed by atoms with van der Waals surface area (Å²) in [4.78, 5) is 17.6. The standard InChI is InChI=1S/C22H27N3O2/c1-27-20-9-5-8-19(16-20)24-12-14-25(15-13-24)21(17-6-3-2-4-7-17)22(26)23-18-10-11-18/h2-9,16,18,21H,10-15H2,1H3,(H,23,26)/t21-/m0/s1. The lowest BCUT2D eigenvalue weighted by Gasteiger charge is -2.39. The summed E-state index contributed by atoms with van der Waals surface area (Å²) < 4.78 is 5.35. The summed E-state index contributed by atoms with van der Waals surface area (Å²) >= 11 is 0. The fourth-order valence-electron chi connectivity index (χ4n) is 3.72. The number of anilines is 1. The summed E-state index contributed by atoms with van der Waals surface area (Å²) in [5.74, 6) is 1.01. The van der Waals surface area contributed by atoms with Crippen LogP contribution in [0.1, 0.15) is 24.4 Å². The number of piperazine rings is 1. The monoisotopic (exact) mass is 365 g/mol. The van der Waals surface area contributed by atoms with Gasteiger partial charge in [0.25, 0.3) is 0 Å². The topological polar surface area (TPSA) is 44.8 Å². The smallest absolute Gasteiger partial charge is 0.242 e. The van der Waals surface area contributed by atoms with E-state index in [2.05, 4.69) is 39.4 Å². The zero-order valence-electron chi connectivity index (χ0n) is 15.8. The van der Waals surface area contributed by atoms with Crippen LogP contribution in [-0.2, 0) is 4.79 Å². The highest BCUT2D eigenvalue weighted by Gasteiger charge is 2.33. The van der Waals surface area contributed by atoms with Crippen molar-refractivity contribution in [2.24, 2.45) is 0 Å². The molecular formula is C22H27N3O2. The van der Waals surface area contributed by atoms with Crippen molar-refractivity contribution in [2.75, 3.05) is 38.2 Å². The van der Waals surface area contributed by atoms with Crippen molar-refractivity contribution >= 4 is 11.6 Å². The van der Waals surface area contributed by atoms with E-state index in [-0.39, 0.29) is 11.9 Å². The van der Waals surface area contributed by atoms with Crippen LogP contribution in [0.15, 0.2) is 54.6 Å². The summed E-state index contributed by atoms with van der Waals surface area (Å²) in [7, 11) is 1.69. The van der Waals surface area contributed by atoms with Crippen LogP contribution in [0.2, 0.25) is 0 Å². The molecule has 1 atom stereocenters. The van der Waals surface area contributed by atoms with Crippen molar-refractivity contribution in [1.29, 1.82) is 0 Å². The van der Waals surface area contributed by atoms with E-state index < -0.39 is 0 Å². The van der Waals surface area contributed by atoms with Crippen LogP contribution < -0.4 is 15.0 Å². The van der Waals surface area contributed by atoms with Gasteiger partial charge in [-0.3, -0.25) is 9.69 Å². The Labute approximate surface area is 160 Å². The Balaban J connectivity index is 1.46. The first-order chi connectivity index (χ1) is 13.2. The first-order valence-corrected chi connectivity index (χ1v) is 9.73. The molecule has 1 heterocycles. The second-order valence-electron chi connectivity index (χ2n) is 7.32. The number of rotatable bonds is 6. The quantitative estimate of drug-likeness (QED) is 0.855. The van der Waals surface area contributed by atoms with E-state index in [1.165, 1.54) is 5.69 Å². The lowest BCUT2D eigenvalue weighted by atomic mass is 10.0. The second kappa shape index (κ2) is 8.01. The van der Waals surface area contributed by atoms with Gasteiger partial charge in [0.05, 0.1) is 7.11 Å². The number of carbonyl (C=O) groups excluding carboxylic acids is 1. The van der Waals surface area contributed by atoms with Crippen LogP contribution in [0.3, 0.4) is 0 Å². The van der Waals surface area contributed by atoms with E-state index in [0.717, 1.165) is 50.3 Å². The van der Waals surface area contributed by atoms with Crippen molar-refractivity contribution in [3.8, 4) is 5.75 Å². The molecule has 5 heteroatoms. The number of hydrogen-bond acceptors (Lipinski definition) is 4. The maximum atomic E-state index is 12.9. The first kappa shape index (κ1) is 17.9. The molecule has 1 N–H and O–H groups in total. The van der Waals surface area contributed by atoms with Crippen molar-refractivity contribution in [2.45, 2.75) is 24.9 Å². The Bertz CT molecular complexity index is 768. The first-order valence-electron chi connectivity index (χ1n) is 9.73. The van der Waals surface area contributed by atoms with E-state index in [4.69, 9.17) is 4.74 Å². The van der Waals surface area contributed by atoms with Crippen LogP contribution in [0, 0.1) is 0 Å². The van der Waals surface area contributed by atoms with Crippen molar-refractivity contribution in [3.63, 3.8) is 0 Å². The molecule has 0 spiro atoms. The number of ether oxygens (including phenoxy) is 1. The minimum atomic E-state index is -0.209. The third-order valence-corrected chi connectivity index (χ3v) is 5.39. The van der Waals surface area contributed by atoms with Crippen LogP contribution in [-0.4, -0.2) is 50.1 Å². The molecule has 4 rings (SSSR count). The predicted octanol–water partition coefficient (Wildman–Crippen LogP) is 2.84. The molecule has 142 valence electrons. The molecule has 0 unspecified atom stereocenters. The fraction of sp³-hybridized carbons (Fsp3) is 0.409. The van der Waals surface area contributed by atoms with Gasteiger partial charge in [0.15, 0.2) is 0 Å². The average Bonchev–Trinajstić information content (AvgIpc) is 3.53. The summed E-state index contributed by atoms with van der Waals surface area (Å²) in [5.41, 5.74) is 2.25. The SMILES string of the molecule is COc1cccc(N2CCN([C@H](C(=O)NC3CC3)c3ccccc3)CC2)c1. The molecule has 1 saturated carbocycles. The van der Waals surface area contributed by atoms with Gasteiger partial charge in [-0.25, -0.2) is 0 Å². The van der Waals surface area contributed by atoms with Crippen LogP contribution in [0.5, 0.6) is 5.75 Å². The number of amides is 1. The van der Waals surface area contributed by atoms with Gasteiger partial charge in [-0.15, -0.1) is 0 Å². The Kier molecular flexibility index (Phi) is 5.30. The van der Waals surface area contributed by atoms with Crippen molar-refractivity contribution in [1.82, 2.24) is 10.2 Å². The van der Waals surface area contributed by atoms with Crippen molar-refractivity contribution in [3.05, 3.63) is 60.2 Å². The summed E-state index contributed by atoms with van der Waals surface area (Å²) in [5, 5.41) is 3.20. The molecule has 0 aromatic heterocycles. The Morgan fingerprint density at radius 2 is 1.78 bits per heavy atom. The largest absolute Gasteiger partial charge is 0.497 e. The van der Waals surface area contributed by atoms with E-state index in [1.54, 1.807) is 7.11 Å². The molecule has 1 aliphatic heterocycles. The highest BCUT2D eigenvalue weighted by atomic mass is 16.5. The van der Waals surface area contributed by atoms with Crippen LogP contribution >= 0.6 is 0 Å². The zero-order chi connectivity index (χ0) is 18.6. The molecule has 2 aliphatic rings. The number of nitrogens with one attached hydrogen (secondary N) is 1. The molecule has 1 amide bonds. The minimum Gasteiger partial charge on any atom is -0.497 e. The van der Waals surface area contributed by atoms with Crippen molar-refractivity contribution < 1.29 is 9.53 Å². The van der Waals surface area contributed by atoms with Gasteiger partial charge in [-0.05, 0) is 30.5 Å². The molecule has 2 aromatic carbocycles. The third kappa shape index (κ3) is 4.25. The summed E-state index contributed by atoms with van der Waals surface area (Å²) in [6.45, 7) is 3.50. The molecule has 27 heavy (non-hydrogen) atoms. The second-order valence-corrected chi connectivity index (χ2v) is 7.32. The number of hydrogen-bond donors (Lipinski definition) is 1. The Morgan fingerprint density at radius 1 is 1.04 bits per heavy atom. The number of methoxy groups -OCH3 is 1. The lowest BCUT2D eigenvalue weighted by molar-refractivity contribution is -0.127. The van der Waals surface area contributed by atoms with Gasteiger partial charge in [-0.2, -0.15) is 0 Å². The van der Waals surface area contributed by atoms with E-state index in [0.29, 0.717) is 6.04 Å². The maximum Gasteiger partial charge on any atom is 0.242 e. The fourth-order valence-corrected chi connectivity index (χ4v) is 3.72. The number of carbonyl (C=O) groups is 1. The summed E-state index contributed by atoms with van der Waals surface area (Å²) in [6, 6.07) is 18.5. The Hall–Kier alpha value is -2.53. The van der Waals surface area contributed by atoms with Gasteiger partial charge in [0.1, 0.15) is 11.8 Å². The molecule has 0 bridgehead atoms. The molecule has 1 saturated heterocycles. The average molecular weight is 365 g/mol. The predicted molar refractivity (Wildman–Crippen MR) is 107 cm³/mol. The van der Waals surface area contributed by atoms with E-state index >= 15 is 0 Å². The molecule has 2 fully saturated rings. The van der Waals surface area contributed by atoms with Crippen LogP contribution in [0.4, 0.5) is 5.69 Å². The number of benzene rings is 2. The molecule has 5 nitrogen and oxygen atoms in total. The molecule has 0 radical (unpaired) electrons. The molecule has 2 aromatic rings. The highest BCUT2D eigenvalue weighted by Crippen LogP contribution is 2.28. The maximum absolute atomic E-state index is 12.9. The lowest BCUT2D eigenvalue weighted by Crippen LogP contribution is -2.51. The molecular weight excluding hydrogens is 338 g/mol. The number of nitrogens with zero attached hydrogens (tertiary/aromatic N) is 2. The van der Waals surface area contributed by atoms with Gasteiger partial charge in [0, 0.05) is 44.0 Å². The van der Waals surface area contributed by atoms with E-state index in [9.17, 15) is 4.79 Å². The Morgan fingerprint density at radius 3 is 2.44 bits per heavy atom.